The smallest absolute Gasteiger partial charge is 0.319 e. The van der Waals surface area contributed by atoms with Crippen molar-refractivity contribution in [3.63, 3.8) is 0 Å². The van der Waals surface area contributed by atoms with E-state index in [1.807, 2.05) is 6.92 Å². The Balaban J connectivity index is 3.74. The number of carbonyl (C=O) groups excluding carboxylic acids is 2. The minimum absolute atomic E-state index is 0.338. The summed E-state index contributed by atoms with van der Waals surface area (Å²) in [4.78, 5) is 24.3. The molecule has 0 aliphatic carbocycles. The number of rotatable bonds is 18. The van der Waals surface area contributed by atoms with Crippen molar-refractivity contribution in [2.24, 2.45) is 5.41 Å². The van der Waals surface area contributed by atoms with Crippen molar-refractivity contribution in [1.29, 1.82) is 0 Å². The molecule has 0 heterocycles. The van der Waals surface area contributed by atoms with Crippen LogP contribution < -0.4 is 0 Å². The van der Waals surface area contributed by atoms with Crippen molar-refractivity contribution in [3.05, 3.63) is 36.5 Å². The van der Waals surface area contributed by atoms with Gasteiger partial charge in [0.15, 0.2) is 0 Å². The van der Waals surface area contributed by atoms with Gasteiger partial charge < -0.3 is 4.74 Å². The van der Waals surface area contributed by atoms with Crippen LogP contribution in [0.15, 0.2) is 36.5 Å². The molecule has 0 bridgehead atoms. The number of ether oxygens (including phenoxy) is 1. The van der Waals surface area contributed by atoms with E-state index >= 15 is 0 Å². The van der Waals surface area contributed by atoms with Crippen LogP contribution in [0, 0.1) is 5.41 Å². The van der Waals surface area contributed by atoms with Crippen molar-refractivity contribution in [2.75, 3.05) is 0 Å². The third kappa shape index (κ3) is 15.2. The second kappa shape index (κ2) is 19.3. The summed E-state index contributed by atoms with van der Waals surface area (Å²) in [6.07, 6.45) is 26.6. The van der Waals surface area contributed by atoms with E-state index in [0.29, 0.717) is 6.42 Å². The molecule has 0 saturated heterocycles. The molecular weight excluding hydrogens is 372 g/mol. The Bertz CT molecular complexity index is 522. The Kier molecular flexibility index (Phi) is 18.3. The number of hydrogen-bond donors (Lipinski definition) is 0. The molecule has 0 atom stereocenters. The summed E-state index contributed by atoms with van der Waals surface area (Å²) >= 11 is 0. The van der Waals surface area contributed by atoms with E-state index in [2.05, 4.69) is 57.2 Å². The largest absolute Gasteiger partial charge is 0.393 e. The summed E-state index contributed by atoms with van der Waals surface area (Å²) in [6, 6.07) is 0. The number of carbonyl (C=O) groups is 2. The van der Waals surface area contributed by atoms with E-state index in [0.717, 1.165) is 70.6 Å². The molecular formula is C27H46O3. The van der Waals surface area contributed by atoms with Gasteiger partial charge in [-0.15, -0.1) is 0 Å². The van der Waals surface area contributed by atoms with Crippen LogP contribution in [0.25, 0.3) is 0 Å². The van der Waals surface area contributed by atoms with Gasteiger partial charge in [-0.1, -0.05) is 89.3 Å². The monoisotopic (exact) mass is 418 g/mol. The maximum Gasteiger partial charge on any atom is 0.319 e. The average Bonchev–Trinajstić information content (AvgIpc) is 2.71. The standard InChI is InChI=1S/C27H46O3/c1-5-8-9-10-11-12-13-14-15-16-17-18-19-20-21-22-25(28)30-26(29)27(4,23-6-2)24-7-3/h8-9,11-12,14-15H,5-7,10,13,16-24H2,1-4H3/b9-8-,12-11-,15-14-. The van der Waals surface area contributed by atoms with E-state index in [1.165, 1.54) is 12.8 Å². The summed E-state index contributed by atoms with van der Waals surface area (Å²) in [7, 11) is 0. The molecule has 0 aliphatic heterocycles. The fourth-order valence-corrected chi connectivity index (χ4v) is 3.60. The first-order valence-electron chi connectivity index (χ1n) is 12.2. The molecule has 30 heavy (non-hydrogen) atoms. The molecule has 0 fully saturated rings. The van der Waals surface area contributed by atoms with Crippen LogP contribution in [0.2, 0.25) is 0 Å². The number of allylic oxidation sites excluding steroid dienone is 6. The third-order valence-electron chi connectivity index (χ3n) is 5.33. The SMILES string of the molecule is CC/C=C\C/C=C\C/C=C\CCCCCCCC(=O)OC(=O)C(C)(CCC)CCC. The van der Waals surface area contributed by atoms with Gasteiger partial charge in [0.05, 0.1) is 5.41 Å². The predicted molar refractivity (Wildman–Crippen MR) is 128 cm³/mol. The lowest BCUT2D eigenvalue weighted by molar-refractivity contribution is -0.167. The highest BCUT2D eigenvalue weighted by Gasteiger charge is 2.34. The van der Waals surface area contributed by atoms with Crippen LogP contribution in [-0.4, -0.2) is 11.9 Å². The van der Waals surface area contributed by atoms with Gasteiger partial charge in [0.1, 0.15) is 0 Å². The molecule has 0 spiro atoms. The highest BCUT2D eigenvalue weighted by molar-refractivity contribution is 5.88. The zero-order valence-corrected chi connectivity index (χ0v) is 20.1. The van der Waals surface area contributed by atoms with Gasteiger partial charge in [-0.2, -0.15) is 0 Å². The van der Waals surface area contributed by atoms with Crippen molar-refractivity contribution >= 4 is 11.9 Å². The van der Waals surface area contributed by atoms with Gasteiger partial charge in [-0.3, -0.25) is 9.59 Å². The first-order valence-corrected chi connectivity index (χ1v) is 12.2. The Morgan fingerprint density at radius 3 is 1.87 bits per heavy atom. The average molecular weight is 419 g/mol. The van der Waals surface area contributed by atoms with Crippen LogP contribution in [0.4, 0.5) is 0 Å². The Morgan fingerprint density at radius 2 is 1.27 bits per heavy atom. The molecule has 0 radical (unpaired) electrons. The van der Waals surface area contributed by atoms with E-state index in [9.17, 15) is 9.59 Å². The summed E-state index contributed by atoms with van der Waals surface area (Å²) in [5.41, 5.74) is -0.519. The van der Waals surface area contributed by atoms with Crippen molar-refractivity contribution < 1.29 is 14.3 Å². The first kappa shape index (κ1) is 28.4. The predicted octanol–water partition coefficient (Wildman–Crippen LogP) is 8.25. The summed E-state index contributed by atoms with van der Waals surface area (Å²) < 4.78 is 5.14. The van der Waals surface area contributed by atoms with E-state index in [1.54, 1.807) is 0 Å². The maximum absolute atomic E-state index is 12.4. The van der Waals surface area contributed by atoms with Gasteiger partial charge in [-0.05, 0) is 58.3 Å². The van der Waals surface area contributed by atoms with Gasteiger partial charge in [0, 0.05) is 6.42 Å². The molecule has 0 aromatic rings. The molecule has 3 heteroatoms. The Morgan fingerprint density at radius 1 is 0.733 bits per heavy atom. The lowest BCUT2D eigenvalue weighted by atomic mass is 9.81. The zero-order valence-electron chi connectivity index (χ0n) is 20.1. The summed E-state index contributed by atoms with van der Waals surface area (Å²) in [5, 5.41) is 0. The molecule has 0 aliphatic rings. The fraction of sp³-hybridized carbons (Fsp3) is 0.704. The van der Waals surface area contributed by atoms with Crippen molar-refractivity contribution in [3.8, 4) is 0 Å². The minimum atomic E-state index is -0.519. The molecule has 3 nitrogen and oxygen atoms in total. The molecule has 0 unspecified atom stereocenters. The minimum Gasteiger partial charge on any atom is -0.393 e. The van der Waals surface area contributed by atoms with Crippen LogP contribution in [-0.2, 0) is 14.3 Å². The van der Waals surface area contributed by atoms with E-state index < -0.39 is 5.41 Å². The molecule has 0 saturated carbocycles. The van der Waals surface area contributed by atoms with Crippen LogP contribution in [0.3, 0.4) is 0 Å². The van der Waals surface area contributed by atoms with E-state index in [4.69, 9.17) is 4.74 Å². The number of esters is 2. The van der Waals surface area contributed by atoms with Gasteiger partial charge in [0.25, 0.3) is 0 Å². The van der Waals surface area contributed by atoms with Crippen LogP contribution in [0.5, 0.6) is 0 Å². The molecule has 172 valence electrons. The maximum atomic E-state index is 12.4. The highest BCUT2D eigenvalue weighted by Crippen LogP contribution is 2.31. The molecule has 0 amide bonds. The molecule has 0 rings (SSSR count). The normalized spacial score (nSPS) is 12.4. The lowest BCUT2D eigenvalue weighted by Gasteiger charge is -2.25. The van der Waals surface area contributed by atoms with Crippen molar-refractivity contribution in [1.82, 2.24) is 0 Å². The number of unbranched alkanes of at least 4 members (excludes halogenated alkanes) is 5. The van der Waals surface area contributed by atoms with Gasteiger partial charge >= 0.3 is 11.9 Å². The van der Waals surface area contributed by atoms with Gasteiger partial charge in [-0.25, -0.2) is 0 Å². The first-order chi connectivity index (χ1) is 14.5. The zero-order chi connectivity index (χ0) is 22.5. The lowest BCUT2D eigenvalue weighted by Crippen LogP contribution is -2.31. The topological polar surface area (TPSA) is 43.4 Å². The second-order valence-electron chi connectivity index (χ2n) is 8.42. The van der Waals surface area contributed by atoms with Gasteiger partial charge in [0.2, 0.25) is 0 Å². The number of hydrogen-bond acceptors (Lipinski definition) is 3. The highest BCUT2D eigenvalue weighted by atomic mass is 16.6. The second-order valence-corrected chi connectivity index (χ2v) is 8.42. The molecule has 0 N–H and O–H groups in total. The van der Waals surface area contributed by atoms with Crippen molar-refractivity contribution in [2.45, 2.75) is 118 Å². The quantitative estimate of drug-likeness (QED) is 0.0973. The summed E-state index contributed by atoms with van der Waals surface area (Å²) in [5.74, 6) is -0.699. The fourth-order valence-electron chi connectivity index (χ4n) is 3.60. The third-order valence-corrected chi connectivity index (χ3v) is 5.33. The Hall–Kier alpha value is -1.64. The molecule has 0 aromatic heterocycles. The van der Waals surface area contributed by atoms with Crippen LogP contribution >= 0.6 is 0 Å². The molecule has 0 aromatic carbocycles. The van der Waals surface area contributed by atoms with E-state index in [-0.39, 0.29) is 11.9 Å². The summed E-state index contributed by atoms with van der Waals surface area (Å²) in [6.45, 7) is 8.19. The van der Waals surface area contributed by atoms with Crippen LogP contribution in [0.1, 0.15) is 118 Å². The Labute approximate surface area is 186 Å².